The van der Waals surface area contributed by atoms with Gasteiger partial charge in [-0.2, -0.15) is 0 Å². The van der Waals surface area contributed by atoms with Crippen LogP contribution in [0.4, 0.5) is 0 Å². The van der Waals surface area contributed by atoms with Crippen molar-refractivity contribution in [1.82, 2.24) is 0 Å². The minimum Gasteiger partial charge on any atom is -0.395 e. The Kier molecular flexibility index (Phi) is 2.67. The van der Waals surface area contributed by atoms with Crippen LogP contribution in [0.3, 0.4) is 0 Å². The van der Waals surface area contributed by atoms with E-state index in [0.29, 0.717) is 0 Å². The Morgan fingerprint density at radius 1 is 1.54 bits per heavy atom. The zero-order valence-corrected chi connectivity index (χ0v) is 8.44. The van der Waals surface area contributed by atoms with Crippen molar-refractivity contribution in [3.8, 4) is 0 Å². The van der Waals surface area contributed by atoms with Crippen LogP contribution >= 0.6 is 11.3 Å². The summed E-state index contributed by atoms with van der Waals surface area (Å²) >= 11 is 1.87. The number of fused-ring (bicyclic) bond motifs is 1. The van der Waals surface area contributed by atoms with Gasteiger partial charge in [0.1, 0.15) is 0 Å². The summed E-state index contributed by atoms with van der Waals surface area (Å²) in [6, 6.07) is 2.18. The first kappa shape index (κ1) is 9.19. The molecule has 0 saturated carbocycles. The topological polar surface area (TPSA) is 46.2 Å². The van der Waals surface area contributed by atoms with E-state index in [0.717, 1.165) is 6.42 Å². The quantitative estimate of drug-likeness (QED) is 0.762. The highest BCUT2D eigenvalue weighted by Gasteiger charge is 2.15. The molecule has 1 aliphatic rings. The molecule has 0 spiro atoms. The number of rotatable bonds is 3. The molecule has 72 valence electrons. The number of hydrogen-bond acceptors (Lipinski definition) is 3. The van der Waals surface area contributed by atoms with E-state index < -0.39 is 0 Å². The second kappa shape index (κ2) is 3.78. The van der Waals surface area contributed by atoms with Crippen LogP contribution in [0.1, 0.15) is 21.7 Å². The first-order valence-electron chi connectivity index (χ1n) is 4.76. The SMILES string of the molecule is NC(CO)Cc1cc2c(s1)CCC2. The van der Waals surface area contributed by atoms with Crippen molar-refractivity contribution >= 4 is 11.3 Å². The van der Waals surface area contributed by atoms with Crippen LogP contribution in [-0.2, 0) is 19.3 Å². The van der Waals surface area contributed by atoms with Crippen LogP contribution in [0.2, 0.25) is 0 Å². The van der Waals surface area contributed by atoms with Gasteiger partial charge in [0.05, 0.1) is 6.61 Å². The summed E-state index contributed by atoms with van der Waals surface area (Å²) < 4.78 is 0. The molecule has 1 aromatic rings. The molecule has 0 radical (unpaired) electrons. The van der Waals surface area contributed by atoms with E-state index in [2.05, 4.69) is 6.07 Å². The normalized spacial score (nSPS) is 17.4. The zero-order valence-electron chi connectivity index (χ0n) is 7.62. The third-order valence-electron chi connectivity index (χ3n) is 2.50. The number of hydrogen-bond donors (Lipinski definition) is 2. The van der Waals surface area contributed by atoms with E-state index in [4.69, 9.17) is 10.8 Å². The Labute approximate surface area is 82.4 Å². The van der Waals surface area contributed by atoms with Crippen LogP contribution in [0.15, 0.2) is 6.07 Å². The van der Waals surface area contributed by atoms with Crippen molar-refractivity contribution in [3.63, 3.8) is 0 Å². The van der Waals surface area contributed by atoms with E-state index >= 15 is 0 Å². The summed E-state index contributed by atoms with van der Waals surface area (Å²) in [7, 11) is 0. The zero-order chi connectivity index (χ0) is 9.26. The monoisotopic (exact) mass is 197 g/mol. The molecule has 1 unspecified atom stereocenters. The highest BCUT2D eigenvalue weighted by atomic mass is 32.1. The molecule has 0 amide bonds. The van der Waals surface area contributed by atoms with Gasteiger partial charge in [0.15, 0.2) is 0 Å². The van der Waals surface area contributed by atoms with Crippen molar-refractivity contribution in [2.24, 2.45) is 5.73 Å². The number of aryl methyl sites for hydroxylation is 2. The average Bonchev–Trinajstić information content (AvgIpc) is 2.63. The van der Waals surface area contributed by atoms with Crippen LogP contribution < -0.4 is 5.73 Å². The Morgan fingerprint density at radius 3 is 3.08 bits per heavy atom. The summed E-state index contributed by atoms with van der Waals surface area (Å²) in [4.78, 5) is 2.88. The lowest BCUT2D eigenvalue weighted by Crippen LogP contribution is -2.26. The summed E-state index contributed by atoms with van der Waals surface area (Å²) in [5, 5.41) is 8.82. The van der Waals surface area contributed by atoms with Gasteiger partial charge in [-0.25, -0.2) is 0 Å². The Morgan fingerprint density at radius 2 is 2.38 bits per heavy atom. The van der Waals surface area contributed by atoms with Crippen molar-refractivity contribution in [3.05, 3.63) is 21.4 Å². The van der Waals surface area contributed by atoms with Crippen molar-refractivity contribution in [2.45, 2.75) is 31.7 Å². The Hall–Kier alpha value is -0.380. The molecule has 1 atom stereocenters. The van der Waals surface area contributed by atoms with Gasteiger partial charge >= 0.3 is 0 Å². The minimum absolute atomic E-state index is 0.0845. The third-order valence-corrected chi connectivity index (χ3v) is 3.75. The van der Waals surface area contributed by atoms with Gasteiger partial charge in [0, 0.05) is 15.8 Å². The van der Waals surface area contributed by atoms with Crippen LogP contribution in [0, 0.1) is 0 Å². The second-order valence-electron chi connectivity index (χ2n) is 3.66. The average molecular weight is 197 g/mol. The maximum atomic E-state index is 8.82. The smallest absolute Gasteiger partial charge is 0.0586 e. The van der Waals surface area contributed by atoms with E-state index in [-0.39, 0.29) is 12.6 Å². The van der Waals surface area contributed by atoms with E-state index in [9.17, 15) is 0 Å². The predicted octanol–water partition coefficient (Wildman–Crippen LogP) is 1.10. The third kappa shape index (κ3) is 1.93. The minimum atomic E-state index is -0.0845. The molecule has 0 aromatic carbocycles. The summed E-state index contributed by atoms with van der Waals surface area (Å²) in [5.41, 5.74) is 7.20. The van der Waals surface area contributed by atoms with E-state index in [1.807, 2.05) is 11.3 Å². The molecule has 1 aromatic heterocycles. The van der Waals surface area contributed by atoms with E-state index in [1.54, 1.807) is 4.88 Å². The fraction of sp³-hybridized carbons (Fsp3) is 0.600. The summed E-state index contributed by atoms with van der Waals surface area (Å²) in [6.07, 6.45) is 4.62. The van der Waals surface area contributed by atoms with Gasteiger partial charge in [-0.15, -0.1) is 11.3 Å². The number of thiophene rings is 1. The first-order valence-corrected chi connectivity index (χ1v) is 5.58. The van der Waals surface area contributed by atoms with Gasteiger partial charge in [0.25, 0.3) is 0 Å². The fourth-order valence-corrected chi connectivity index (χ4v) is 3.17. The number of aliphatic hydroxyl groups excluding tert-OH is 1. The molecule has 0 bridgehead atoms. The summed E-state index contributed by atoms with van der Waals surface area (Å²) in [6.45, 7) is 0.0859. The van der Waals surface area contributed by atoms with Gasteiger partial charge in [-0.05, 0) is 37.3 Å². The second-order valence-corrected chi connectivity index (χ2v) is 4.88. The van der Waals surface area contributed by atoms with Gasteiger partial charge in [-0.3, -0.25) is 0 Å². The van der Waals surface area contributed by atoms with Crippen LogP contribution in [0.5, 0.6) is 0 Å². The number of nitrogens with two attached hydrogens (primary N) is 1. The van der Waals surface area contributed by atoms with Crippen molar-refractivity contribution in [2.75, 3.05) is 6.61 Å². The molecule has 3 N–H and O–H groups in total. The van der Waals surface area contributed by atoms with Crippen LogP contribution in [0.25, 0.3) is 0 Å². The maximum absolute atomic E-state index is 8.82. The lowest BCUT2D eigenvalue weighted by Gasteiger charge is -2.04. The Bertz CT molecular complexity index is 274. The molecule has 2 rings (SSSR count). The van der Waals surface area contributed by atoms with Crippen molar-refractivity contribution in [1.29, 1.82) is 0 Å². The molecule has 0 fully saturated rings. The molecule has 3 heteroatoms. The molecule has 0 saturated heterocycles. The van der Waals surface area contributed by atoms with Crippen molar-refractivity contribution < 1.29 is 5.11 Å². The molecule has 0 aliphatic heterocycles. The Balaban J connectivity index is 2.06. The largest absolute Gasteiger partial charge is 0.395 e. The molecular formula is C10H15NOS. The lowest BCUT2D eigenvalue weighted by molar-refractivity contribution is 0.265. The molecule has 2 nitrogen and oxygen atoms in total. The van der Waals surface area contributed by atoms with Gasteiger partial charge in [0.2, 0.25) is 0 Å². The fourth-order valence-electron chi connectivity index (χ4n) is 1.81. The predicted molar refractivity (Wildman–Crippen MR) is 55.1 cm³/mol. The molecule has 13 heavy (non-hydrogen) atoms. The number of aliphatic hydroxyl groups is 1. The molecule has 1 aliphatic carbocycles. The summed E-state index contributed by atoms with van der Waals surface area (Å²) in [5.74, 6) is 0. The molecular weight excluding hydrogens is 182 g/mol. The first-order chi connectivity index (χ1) is 6.29. The van der Waals surface area contributed by atoms with Crippen LogP contribution in [-0.4, -0.2) is 17.8 Å². The van der Waals surface area contributed by atoms with E-state index in [1.165, 1.54) is 29.7 Å². The maximum Gasteiger partial charge on any atom is 0.0586 e. The van der Waals surface area contributed by atoms with Gasteiger partial charge in [-0.1, -0.05) is 0 Å². The highest BCUT2D eigenvalue weighted by molar-refractivity contribution is 7.12. The molecule has 1 heterocycles. The van der Waals surface area contributed by atoms with Gasteiger partial charge < -0.3 is 10.8 Å². The lowest BCUT2D eigenvalue weighted by atomic mass is 10.2. The highest BCUT2D eigenvalue weighted by Crippen LogP contribution is 2.30. The standard InChI is InChI=1S/C10H15NOS/c11-8(6-12)5-9-4-7-2-1-3-10(7)13-9/h4,8,12H,1-3,5-6,11H2.